The second kappa shape index (κ2) is 8.22. The Morgan fingerprint density at radius 3 is 2.42 bits per heavy atom. The van der Waals surface area contributed by atoms with Gasteiger partial charge in [0, 0.05) is 19.2 Å². The van der Waals surface area contributed by atoms with Crippen molar-refractivity contribution < 1.29 is 19.4 Å². The number of non-ortho nitro benzene ring substituents is 1. The number of ether oxygens (including phenoxy) is 1. The topological polar surface area (TPSA) is 142 Å². The molecule has 1 amide bonds. The molecule has 0 atom stereocenters. The Hall–Kier alpha value is -4.28. The Labute approximate surface area is 176 Å². The highest BCUT2D eigenvalue weighted by Gasteiger charge is 2.25. The summed E-state index contributed by atoms with van der Waals surface area (Å²) in [5, 5.41) is 28.7. The maximum Gasteiger partial charge on any atom is 0.320 e. The van der Waals surface area contributed by atoms with Crippen LogP contribution < -0.4 is 10.1 Å². The lowest BCUT2D eigenvalue weighted by atomic mass is 10.1. The Balaban J connectivity index is 1.97. The minimum Gasteiger partial charge on any atom is -0.457 e. The smallest absolute Gasteiger partial charge is 0.320 e. The third-order valence-corrected chi connectivity index (χ3v) is 4.57. The van der Waals surface area contributed by atoms with E-state index in [1.54, 1.807) is 6.07 Å². The van der Waals surface area contributed by atoms with Gasteiger partial charge in [-0.05, 0) is 43.5 Å². The number of nitro benzene ring substituents is 1. The average molecular weight is 425 g/mol. The van der Waals surface area contributed by atoms with Crippen molar-refractivity contribution in [1.82, 2.24) is 9.78 Å². The Morgan fingerprint density at radius 2 is 1.77 bits per heavy atom. The van der Waals surface area contributed by atoms with Gasteiger partial charge in [-0.25, -0.2) is 0 Å². The Kier molecular flexibility index (Phi) is 5.68. The zero-order chi connectivity index (χ0) is 22.9. The molecular weight excluding hydrogens is 406 g/mol. The first-order chi connectivity index (χ1) is 14.5. The molecule has 160 valence electrons. The summed E-state index contributed by atoms with van der Waals surface area (Å²) in [4.78, 5) is 33.7. The molecule has 11 heteroatoms. The van der Waals surface area contributed by atoms with Crippen LogP contribution >= 0.6 is 0 Å². The summed E-state index contributed by atoms with van der Waals surface area (Å²) in [5.74, 6) is -0.218. The van der Waals surface area contributed by atoms with E-state index in [2.05, 4.69) is 10.4 Å². The molecule has 0 fully saturated rings. The lowest BCUT2D eigenvalue weighted by molar-refractivity contribution is -0.385. The third-order valence-electron chi connectivity index (χ3n) is 4.57. The van der Waals surface area contributed by atoms with Crippen LogP contribution in [0.1, 0.15) is 27.2 Å². The van der Waals surface area contributed by atoms with E-state index in [0.29, 0.717) is 5.75 Å². The van der Waals surface area contributed by atoms with Crippen LogP contribution in [-0.2, 0) is 7.05 Å². The van der Waals surface area contributed by atoms with E-state index in [0.717, 1.165) is 33.6 Å². The number of nitrogens with one attached hydrogen (secondary N) is 1. The van der Waals surface area contributed by atoms with Gasteiger partial charge in [0.1, 0.15) is 17.7 Å². The van der Waals surface area contributed by atoms with Gasteiger partial charge >= 0.3 is 5.69 Å². The molecule has 0 spiro atoms. The standard InChI is InChI=1S/C20H19N5O6/c1-11-5-12(2)13(3)18(6-11)31-16-8-14(7-15(9-16)24(27)28)21-20(26)19-17(25(29)30)10-23(4)22-19/h5-10H,1-4H3,(H,21,26). The van der Waals surface area contributed by atoms with Crippen molar-refractivity contribution in [3.05, 3.63) is 79.1 Å². The number of aromatic nitrogens is 2. The molecule has 0 radical (unpaired) electrons. The molecule has 0 unspecified atom stereocenters. The summed E-state index contributed by atoms with van der Waals surface area (Å²) in [5.41, 5.74) is 1.66. The van der Waals surface area contributed by atoms with Gasteiger partial charge in [0.2, 0.25) is 5.69 Å². The maximum absolute atomic E-state index is 12.5. The van der Waals surface area contributed by atoms with Crippen molar-refractivity contribution in [2.24, 2.45) is 7.05 Å². The van der Waals surface area contributed by atoms with Gasteiger partial charge < -0.3 is 10.1 Å². The highest BCUT2D eigenvalue weighted by Crippen LogP contribution is 2.33. The van der Waals surface area contributed by atoms with E-state index >= 15 is 0 Å². The fourth-order valence-electron chi connectivity index (χ4n) is 3.02. The van der Waals surface area contributed by atoms with E-state index in [-0.39, 0.29) is 17.1 Å². The maximum atomic E-state index is 12.5. The second-order valence-corrected chi connectivity index (χ2v) is 7.03. The summed E-state index contributed by atoms with van der Waals surface area (Å²) < 4.78 is 7.01. The number of nitrogens with zero attached hydrogens (tertiary/aromatic N) is 4. The molecule has 2 aromatic carbocycles. The zero-order valence-electron chi connectivity index (χ0n) is 17.2. The quantitative estimate of drug-likeness (QED) is 0.460. The summed E-state index contributed by atoms with van der Waals surface area (Å²) in [6, 6.07) is 7.55. The number of benzene rings is 2. The lowest BCUT2D eigenvalue weighted by Crippen LogP contribution is -2.14. The van der Waals surface area contributed by atoms with E-state index in [4.69, 9.17) is 4.74 Å². The molecule has 0 aliphatic rings. The first-order valence-corrected chi connectivity index (χ1v) is 9.09. The Bertz CT molecular complexity index is 1220. The van der Waals surface area contributed by atoms with Crippen LogP contribution in [-0.4, -0.2) is 25.5 Å². The SMILES string of the molecule is Cc1cc(C)c(C)c(Oc2cc(NC(=O)c3nn(C)cc3[N+](=O)[O-])cc([N+](=O)[O-])c2)c1. The largest absolute Gasteiger partial charge is 0.457 e. The molecular formula is C20H19N5O6. The third kappa shape index (κ3) is 4.66. The fraction of sp³-hybridized carbons (Fsp3) is 0.200. The minimum atomic E-state index is -0.874. The molecule has 31 heavy (non-hydrogen) atoms. The molecule has 0 saturated heterocycles. The number of hydrogen-bond acceptors (Lipinski definition) is 7. The molecule has 0 bridgehead atoms. The monoisotopic (exact) mass is 425 g/mol. The summed E-state index contributed by atoms with van der Waals surface area (Å²) >= 11 is 0. The van der Waals surface area contributed by atoms with Gasteiger partial charge in [0.25, 0.3) is 11.6 Å². The van der Waals surface area contributed by atoms with Crippen LogP contribution in [0.3, 0.4) is 0 Å². The van der Waals surface area contributed by atoms with Gasteiger partial charge in [0.05, 0.1) is 21.6 Å². The van der Waals surface area contributed by atoms with Gasteiger partial charge in [-0.3, -0.25) is 29.7 Å². The van der Waals surface area contributed by atoms with E-state index in [1.165, 1.54) is 19.2 Å². The summed E-state index contributed by atoms with van der Waals surface area (Å²) in [7, 11) is 1.44. The molecule has 0 saturated carbocycles. The van der Waals surface area contributed by atoms with Crippen molar-refractivity contribution in [2.75, 3.05) is 5.32 Å². The number of nitro groups is 2. The van der Waals surface area contributed by atoms with Crippen LogP contribution in [0.5, 0.6) is 11.5 Å². The van der Waals surface area contributed by atoms with Crippen molar-refractivity contribution in [2.45, 2.75) is 20.8 Å². The minimum absolute atomic E-state index is 0.0381. The molecule has 1 aromatic heterocycles. The number of aryl methyl sites for hydroxylation is 3. The number of amides is 1. The fourth-order valence-corrected chi connectivity index (χ4v) is 3.02. The molecule has 11 nitrogen and oxygen atoms in total. The summed E-state index contributed by atoms with van der Waals surface area (Å²) in [6.45, 7) is 5.69. The highest BCUT2D eigenvalue weighted by atomic mass is 16.6. The second-order valence-electron chi connectivity index (χ2n) is 7.03. The van der Waals surface area contributed by atoms with Crippen LogP contribution in [0.25, 0.3) is 0 Å². The molecule has 0 aliphatic heterocycles. The zero-order valence-corrected chi connectivity index (χ0v) is 17.2. The highest BCUT2D eigenvalue weighted by molar-refractivity contribution is 6.05. The van der Waals surface area contributed by atoms with Crippen molar-refractivity contribution >= 4 is 23.0 Å². The molecule has 0 aliphatic carbocycles. The predicted octanol–water partition coefficient (Wildman–Crippen LogP) is 4.21. The van der Waals surface area contributed by atoms with Gasteiger partial charge in [-0.2, -0.15) is 5.10 Å². The van der Waals surface area contributed by atoms with Crippen molar-refractivity contribution in [3.63, 3.8) is 0 Å². The number of carbonyl (C=O) groups excluding carboxylic acids is 1. The normalized spacial score (nSPS) is 10.6. The average Bonchev–Trinajstić information content (AvgIpc) is 3.08. The van der Waals surface area contributed by atoms with Crippen LogP contribution in [0, 0.1) is 41.0 Å². The lowest BCUT2D eigenvalue weighted by Gasteiger charge is -2.13. The molecule has 3 rings (SSSR count). The van der Waals surface area contributed by atoms with Crippen molar-refractivity contribution in [1.29, 1.82) is 0 Å². The first kappa shape index (κ1) is 21.4. The molecule has 1 N–H and O–H groups in total. The van der Waals surface area contributed by atoms with Gasteiger partial charge in [-0.1, -0.05) is 6.07 Å². The first-order valence-electron chi connectivity index (χ1n) is 9.09. The van der Waals surface area contributed by atoms with Gasteiger partial charge in [-0.15, -0.1) is 0 Å². The number of rotatable bonds is 6. The number of hydrogen-bond donors (Lipinski definition) is 1. The van der Waals surface area contributed by atoms with Gasteiger partial charge in [0.15, 0.2) is 0 Å². The molecule has 1 heterocycles. The number of anilines is 1. The molecule has 3 aromatic rings. The van der Waals surface area contributed by atoms with Crippen molar-refractivity contribution in [3.8, 4) is 11.5 Å². The van der Waals surface area contributed by atoms with E-state index in [9.17, 15) is 25.0 Å². The summed E-state index contributed by atoms with van der Waals surface area (Å²) in [6.07, 6.45) is 1.10. The predicted molar refractivity (Wildman–Crippen MR) is 112 cm³/mol. The van der Waals surface area contributed by atoms with E-state index < -0.39 is 27.1 Å². The van der Waals surface area contributed by atoms with Crippen LogP contribution in [0.2, 0.25) is 0 Å². The Morgan fingerprint density at radius 1 is 1.06 bits per heavy atom. The van der Waals surface area contributed by atoms with Crippen LogP contribution in [0.4, 0.5) is 17.1 Å². The number of carbonyl (C=O) groups is 1. The van der Waals surface area contributed by atoms with E-state index in [1.807, 2.05) is 26.8 Å². The van der Waals surface area contributed by atoms with Crippen LogP contribution in [0.15, 0.2) is 36.5 Å².